The Balaban J connectivity index is 1.90. The van der Waals surface area contributed by atoms with Crippen LogP contribution in [-0.4, -0.2) is 32.5 Å². The van der Waals surface area contributed by atoms with E-state index >= 15 is 0 Å². The van der Waals surface area contributed by atoms with Gasteiger partial charge in [0, 0.05) is 11.1 Å². The summed E-state index contributed by atoms with van der Waals surface area (Å²) in [7, 11) is -2.98. The molecule has 1 saturated heterocycles. The summed E-state index contributed by atoms with van der Waals surface area (Å²) >= 11 is 5.99. The molecule has 1 aliphatic rings. The predicted molar refractivity (Wildman–Crippen MR) is 70.2 cm³/mol. The van der Waals surface area contributed by atoms with Crippen molar-refractivity contribution in [3.63, 3.8) is 0 Å². The number of aryl methyl sites for hydroxylation is 1. The van der Waals surface area contributed by atoms with E-state index in [0.29, 0.717) is 11.4 Å². The predicted octanol–water partition coefficient (Wildman–Crippen LogP) is 1.66. The molecule has 17 heavy (non-hydrogen) atoms. The fourth-order valence-corrected chi connectivity index (χ4v) is 3.67. The Bertz CT molecular complexity index is 483. The fourth-order valence-electron chi connectivity index (χ4n) is 1.85. The van der Waals surface area contributed by atoms with Crippen LogP contribution in [0.2, 0.25) is 5.02 Å². The van der Waals surface area contributed by atoms with E-state index in [2.05, 4.69) is 5.32 Å². The molecule has 1 aromatic rings. The van der Waals surface area contributed by atoms with Crippen LogP contribution in [0.3, 0.4) is 0 Å². The van der Waals surface area contributed by atoms with Gasteiger partial charge in [-0.25, -0.2) is 8.42 Å². The Morgan fingerprint density at radius 3 is 2.65 bits per heavy atom. The molecule has 0 saturated carbocycles. The molecule has 0 aromatic heterocycles. The lowest BCUT2D eigenvalue weighted by atomic mass is 10.1. The molecule has 1 fully saturated rings. The van der Waals surface area contributed by atoms with Crippen LogP contribution in [0.25, 0.3) is 0 Å². The average Bonchev–Trinajstić information content (AvgIpc) is 2.23. The van der Waals surface area contributed by atoms with Gasteiger partial charge in [-0.15, -0.1) is 0 Å². The first-order valence-corrected chi connectivity index (χ1v) is 7.94. The van der Waals surface area contributed by atoms with Gasteiger partial charge in [0.05, 0.1) is 11.5 Å². The van der Waals surface area contributed by atoms with Crippen molar-refractivity contribution in [2.24, 2.45) is 0 Å². The standard InChI is InChI=1S/C12H16ClNO2S/c13-12-4-2-1-3-10(12)6-8-17(15,16)9-11-5-7-14-11/h1-4,11,14H,5-9H2. The summed E-state index contributed by atoms with van der Waals surface area (Å²) in [5.41, 5.74) is 0.902. The van der Waals surface area contributed by atoms with Gasteiger partial charge in [0.2, 0.25) is 0 Å². The SMILES string of the molecule is O=S(=O)(CCc1ccccc1Cl)CC1CCN1. The molecule has 1 heterocycles. The fraction of sp³-hybridized carbons (Fsp3) is 0.500. The van der Waals surface area contributed by atoms with Crippen LogP contribution in [0.1, 0.15) is 12.0 Å². The molecule has 1 N–H and O–H groups in total. The summed E-state index contributed by atoms with van der Waals surface area (Å²) in [6.45, 7) is 0.935. The van der Waals surface area contributed by atoms with Gasteiger partial charge in [-0.05, 0) is 31.0 Å². The second-order valence-corrected chi connectivity index (χ2v) is 7.03. The Morgan fingerprint density at radius 1 is 1.35 bits per heavy atom. The van der Waals surface area contributed by atoms with E-state index in [1.807, 2.05) is 18.2 Å². The van der Waals surface area contributed by atoms with Crippen LogP contribution >= 0.6 is 11.6 Å². The van der Waals surface area contributed by atoms with Crippen LogP contribution in [0.4, 0.5) is 0 Å². The van der Waals surface area contributed by atoms with E-state index in [4.69, 9.17) is 11.6 Å². The Labute approximate surface area is 107 Å². The van der Waals surface area contributed by atoms with Crippen molar-refractivity contribution in [2.45, 2.75) is 18.9 Å². The maximum absolute atomic E-state index is 11.8. The van der Waals surface area contributed by atoms with Gasteiger partial charge in [-0.1, -0.05) is 29.8 Å². The summed E-state index contributed by atoms with van der Waals surface area (Å²) in [6, 6.07) is 7.54. The molecule has 1 aliphatic heterocycles. The van der Waals surface area contributed by atoms with Gasteiger partial charge in [-0.3, -0.25) is 0 Å². The Kier molecular flexibility index (Phi) is 4.07. The van der Waals surface area contributed by atoms with E-state index in [-0.39, 0.29) is 17.5 Å². The summed E-state index contributed by atoms with van der Waals surface area (Å²) in [6.07, 6.45) is 1.46. The lowest BCUT2D eigenvalue weighted by Crippen LogP contribution is -2.47. The summed E-state index contributed by atoms with van der Waals surface area (Å²) in [5, 5.41) is 3.75. The number of hydrogen-bond donors (Lipinski definition) is 1. The zero-order valence-corrected chi connectivity index (χ0v) is 11.1. The first-order chi connectivity index (χ1) is 8.07. The van der Waals surface area contributed by atoms with E-state index in [1.54, 1.807) is 6.07 Å². The number of nitrogens with one attached hydrogen (secondary N) is 1. The van der Waals surface area contributed by atoms with Crippen molar-refractivity contribution in [2.75, 3.05) is 18.1 Å². The summed E-state index contributed by atoms with van der Waals surface area (Å²) in [4.78, 5) is 0. The topological polar surface area (TPSA) is 46.2 Å². The molecule has 1 unspecified atom stereocenters. The molecule has 2 rings (SSSR count). The molecule has 0 radical (unpaired) electrons. The molecule has 5 heteroatoms. The van der Waals surface area contributed by atoms with Crippen molar-refractivity contribution in [3.05, 3.63) is 34.9 Å². The van der Waals surface area contributed by atoms with Crippen LogP contribution in [0.15, 0.2) is 24.3 Å². The third-order valence-electron chi connectivity index (χ3n) is 3.02. The summed E-state index contributed by atoms with van der Waals surface area (Å²) < 4.78 is 23.7. The lowest BCUT2D eigenvalue weighted by Gasteiger charge is -2.27. The molecular formula is C12H16ClNO2S. The number of halogens is 1. The van der Waals surface area contributed by atoms with Crippen molar-refractivity contribution in [3.8, 4) is 0 Å². The van der Waals surface area contributed by atoms with E-state index < -0.39 is 9.84 Å². The van der Waals surface area contributed by atoms with Crippen LogP contribution < -0.4 is 5.32 Å². The molecular weight excluding hydrogens is 258 g/mol. The molecule has 1 aromatic carbocycles. The first-order valence-electron chi connectivity index (χ1n) is 5.74. The zero-order chi connectivity index (χ0) is 12.3. The third-order valence-corrected chi connectivity index (χ3v) is 5.13. The molecule has 0 amide bonds. The minimum Gasteiger partial charge on any atom is -0.313 e. The average molecular weight is 274 g/mol. The quantitative estimate of drug-likeness (QED) is 0.888. The first kappa shape index (κ1) is 12.9. The monoisotopic (exact) mass is 273 g/mol. The van der Waals surface area contributed by atoms with Gasteiger partial charge in [0.15, 0.2) is 9.84 Å². The zero-order valence-electron chi connectivity index (χ0n) is 9.52. The number of hydrogen-bond acceptors (Lipinski definition) is 3. The van der Waals surface area contributed by atoms with E-state index in [9.17, 15) is 8.42 Å². The minimum atomic E-state index is -2.98. The van der Waals surface area contributed by atoms with Crippen LogP contribution in [-0.2, 0) is 16.3 Å². The normalized spacial score (nSPS) is 19.9. The highest BCUT2D eigenvalue weighted by Gasteiger charge is 2.23. The Morgan fingerprint density at radius 2 is 2.06 bits per heavy atom. The lowest BCUT2D eigenvalue weighted by molar-refractivity contribution is 0.399. The van der Waals surface area contributed by atoms with Gasteiger partial charge in [-0.2, -0.15) is 0 Å². The highest BCUT2D eigenvalue weighted by molar-refractivity contribution is 7.91. The van der Waals surface area contributed by atoms with Crippen molar-refractivity contribution >= 4 is 21.4 Å². The second-order valence-electron chi connectivity index (χ2n) is 4.40. The van der Waals surface area contributed by atoms with Crippen molar-refractivity contribution < 1.29 is 8.42 Å². The number of rotatable bonds is 5. The highest BCUT2D eigenvalue weighted by Crippen LogP contribution is 2.16. The van der Waals surface area contributed by atoms with Gasteiger partial charge < -0.3 is 5.32 Å². The smallest absolute Gasteiger partial charge is 0.152 e. The van der Waals surface area contributed by atoms with Crippen molar-refractivity contribution in [1.29, 1.82) is 0 Å². The number of benzene rings is 1. The van der Waals surface area contributed by atoms with E-state index in [0.717, 1.165) is 18.5 Å². The second kappa shape index (κ2) is 5.38. The van der Waals surface area contributed by atoms with E-state index in [1.165, 1.54) is 0 Å². The van der Waals surface area contributed by atoms with Gasteiger partial charge in [0.1, 0.15) is 0 Å². The third kappa shape index (κ3) is 3.69. The largest absolute Gasteiger partial charge is 0.313 e. The molecule has 0 aliphatic carbocycles. The van der Waals surface area contributed by atoms with Crippen LogP contribution in [0, 0.1) is 0 Å². The number of sulfone groups is 1. The maximum atomic E-state index is 11.8. The highest BCUT2D eigenvalue weighted by atomic mass is 35.5. The maximum Gasteiger partial charge on any atom is 0.152 e. The molecule has 0 bridgehead atoms. The van der Waals surface area contributed by atoms with Crippen LogP contribution in [0.5, 0.6) is 0 Å². The molecule has 94 valence electrons. The van der Waals surface area contributed by atoms with Gasteiger partial charge >= 0.3 is 0 Å². The van der Waals surface area contributed by atoms with Gasteiger partial charge in [0.25, 0.3) is 0 Å². The molecule has 3 nitrogen and oxygen atoms in total. The molecule has 1 atom stereocenters. The Hall–Kier alpha value is -0.580. The van der Waals surface area contributed by atoms with Crippen molar-refractivity contribution in [1.82, 2.24) is 5.32 Å². The molecule has 0 spiro atoms. The minimum absolute atomic E-state index is 0.159. The summed E-state index contributed by atoms with van der Waals surface area (Å²) in [5.74, 6) is 0.423.